The number of anilines is 2. The van der Waals surface area contributed by atoms with E-state index in [9.17, 15) is 9.59 Å². The number of hydrogen-bond acceptors (Lipinski definition) is 3. The fourth-order valence-electron chi connectivity index (χ4n) is 1.47. The van der Waals surface area contributed by atoms with Gasteiger partial charge >= 0.3 is 0 Å². The van der Waals surface area contributed by atoms with E-state index in [4.69, 9.17) is 27.6 Å². The zero-order valence-electron chi connectivity index (χ0n) is 10.4. The van der Waals surface area contributed by atoms with Crippen LogP contribution in [0.4, 0.5) is 11.6 Å². The lowest BCUT2D eigenvalue weighted by atomic mass is 10.3. The zero-order chi connectivity index (χ0) is 14.7. The number of carbonyl (C=O) groups excluding carboxylic acids is 2. The standard InChI is InChI=1S/C13H10Cl2N2O3/c1-7(18)16-12-5-4-11(20-12)13(19)17-8-2-3-9(14)10(15)6-8/h2-6H,1H3,(H,16,18)(H,17,19). The van der Waals surface area contributed by atoms with Crippen LogP contribution in [-0.4, -0.2) is 11.8 Å². The number of halogens is 2. The minimum Gasteiger partial charge on any atom is -0.435 e. The summed E-state index contributed by atoms with van der Waals surface area (Å²) in [4.78, 5) is 22.8. The second-order valence-electron chi connectivity index (χ2n) is 3.93. The molecule has 0 saturated carbocycles. The highest BCUT2D eigenvalue weighted by Crippen LogP contribution is 2.25. The second kappa shape index (κ2) is 5.98. The van der Waals surface area contributed by atoms with E-state index < -0.39 is 5.91 Å². The Labute approximate surface area is 124 Å². The highest BCUT2D eigenvalue weighted by atomic mass is 35.5. The molecule has 0 radical (unpaired) electrons. The molecule has 5 nitrogen and oxygen atoms in total. The number of carbonyl (C=O) groups is 2. The summed E-state index contributed by atoms with van der Waals surface area (Å²) in [6.07, 6.45) is 0. The van der Waals surface area contributed by atoms with Crippen LogP contribution in [0.15, 0.2) is 34.7 Å². The third kappa shape index (κ3) is 3.53. The smallest absolute Gasteiger partial charge is 0.291 e. The van der Waals surface area contributed by atoms with Crippen molar-refractivity contribution in [1.82, 2.24) is 0 Å². The van der Waals surface area contributed by atoms with Crippen molar-refractivity contribution < 1.29 is 14.0 Å². The maximum Gasteiger partial charge on any atom is 0.291 e. The van der Waals surface area contributed by atoms with E-state index in [-0.39, 0.29) is 17.6 Å². The van der Waals surface area contributed by atoms with Gasteiger partial charge in [-0.25, -0.2) is 0 Å². The van der Waals surface area contributed by atoms with Gasteiger partial charge in [0.25, 0.3) is 5.91 Å². The number of nitrogens with one attached hydrogen (secondary N) is 2. The zero-order valence-corrected chi connectivity index (χ0v) is 11.9. The lowest BCUT2D eigenvalue weighted by Crippen LogP contribution is -2.11. The molecule has 2 aromatic rings. The molecule has 1 aromatic carbocycles. The van der Waals surface area contributed by atoms with Crippen molar-refractivity contribution in [2.24, 2.45) is 0 Å². The van der Waals surface area contributed by atoms with Gasteiger partial charge in [-0.1, -0.05) is 23.2 Å². The maximum atomic E-state index is 11.9. The first-order chi connectivity index (χ1) is 9.45. The fraction of sp³-hybridized carbons (Fsp3) is 0.0769. The molecule has 1 aromatic heterocycles. The van der Waals surface area contributed by atoms with Gasteiger partial charge in [-0.2, -0.15) is 0 Å². The van der Waals surface area contributed by atoms with Crippen molar-refractivity contribution in [3.05, 3.63) is 46.1 Å². The lowest BCUT2D eigenvalue weighted by molar-refractivity contribution is -0.114. The van der Waals surface area contributed by atoms with Crippen molar-refractivity contribution in [2.45, 2.75) is 6.92 Å². The summed E-state index contributed by atoms with van der Waals surface area (Å²) in [5, 5.41) is 5.78. The van der Waals surface area contributed by atoms with Crippen molar-refractivity contribution in [2.75, 3.05) is 10.6 Å². The van der Waals surface area contributed by atoms with Crippen molar-refractivity contribution >= 4 is 46.6 Å². The Bertz CT molecular complexity index is 667. The van der Waals surface area contributed by atoms with E-state index in [1.165, 1.54) is 25.1 Å². The number of amides is 2. The summed E-state index contributed by atoms with van der Waals surface area (Å²) >= 11 is 11.6. The topological polar surface area (TPSA) is 71.3 Å². The summed E-state index contributed by atoms with van der Waals surface area (Å²) in [6, 6.07) is 7.66. The Kier molecular flexibility index (Phi) is 4.32. The molecule has 0 unspecified atom stereocenters. The van der Waals surface area contributed by atoms with E-state index >= 15 is 0 Å². The van der Waals surface area contributed by atoms with Crippen LogP contribution in [0, 0.1) is 0 Å². The van der Waals surface area contributed by atoms with Gasteiger partial charge in [-0.05, 0) is 24.3 Å². The Morgan fingerprint density at radius 1 is 1.05 bits per heavy atom. The molecule has 0 spiro atoms. The summed E-state index contributed by atoms with van der Waals surface area (Å²) < 4.78 is 5.18. The van der Waals surface area contributed by atoms with Crippen LogP contribution >= 0.6 is 23.2 Å². The molecule has 0 aliphatic carbocycles. The molecule has 0 atom stereocenters. The van der Waals surface area contributed by atoms with E-state index in [0.717, 1.165) is 0 Å². The van der Waals surface area contributed by atoms with Crippen molar-refractivity contribution in [3.63, 3.8) is 0 Å². The molecular weight excluding hydrogens is 303 g/mol. The van der Waals surface area contributed by atoms with E-state index in [1.807, 2.05) is 0 Å². The highest BCUT2D eigenvalue weighted by Gasteiger charge is 2.12. The first kappa shape index (κ1) is 14.4. The fourth-order valence-corrected chi connectivity index (χ4v) is 1.77. The average Bonchev–Trinajstić information content (AvgIpc) is 2.81. The van der Waals surface area contributed by atoms with Gasteiger partial charge in [0, 0.05) is 18.7 Å². The van der Waals surface area contributed by atoms with E-state index in [0.29, 0.717) is 15.7 Å². The van der Waals surface area contributed by atoms with E-state index in [2.05, 4.69) is 10.6 Å². The SMILES string of the molecule is CC(=O)Nc1ccc(C(=O)Nc2ccc(Cl)c(Cl)c2)o1. The van der Waals surface area contributed by atoms with Gasteiger partial charge in [0.15, 0.2) is 11.6 Å². The highest BCUT2D eigenvalue weighted by molar-refractivity contribution is 6.42. The van der Waals surface area contributed by atoms with Gasteiger partial charge in [0.2, 0.25) is 5.91 Å². The Morgan fingerprint density at radius 3 is 2.45 bits per heavy atom. The first-order valence-electron chi connectivity index (χ1n) is 5.59. The van der Waals surface area contributed by atoms with Crippen LogP contribution in [0.5, 0.6) is 0 Å². The predicted molar refractivity (Wildman–Crippen MR) is 77.4 cm³/mol. The van der Waals surface area contributed by atoms with Crippen LogP contribution in [0.3, 0.4) is 0 Å². The summed E-state index contributed by atoms with van der Waals surface area (Å²) in [7, 11) is 0. The monoisotopic (exact) mass is 312 g/mol. The van der Waals surface area contributed by atoms with Crippen LogP contribution in [0.25, 0.3) is 0 Å². The third-order valence-corrected chi connectivity index (χ3v) is 3.05. The average molecular weight is 313 g/mol. The number of benzene rings is 1. The molecule has 1 heterocycles. The van der Waals surface area contributed by atoms with Gasteiger partial charge in [0.05, 0.1) is 10.0 Å². The molecule has 2 rings (SSSR count). The Hall–Kier alpha value is -1.98. The molecule has 0 aliphatic heterocycles. The molecular formula is C13H10Cl2N2O3. The predicted octanol–water partition coefficient (Wildman–Crippen LogP) is 3.80. The quantitative estimate of drug-likeness (QED) is 0.905. The molecule has 0 aliphatic rings. The Balaban J connectivity index is 2.09. The number of furan rings is 1. The van der Waals surface area contributed by atoms with Gasteiger partial charge in [0.1, 0.15) is 0 Å². The third-order valence-electron chi connectivity index (χ3n) is 2.31. The lowest BCUT2D eigenvalue weighted by Gasteiger charge is -2.04. The van der Waals surface area contributed by atoms with E-state index in [1.54, 1.807) is 12.1 Å². The van der Waals surface area contributed by atoms with Crippen molar-refractivity contribution in [1.29, 1.82) is 0 Å². The van der Waals surface area contributed by atoms with Gasteiger partial charge in [-0.3, -0.25) is 14.9 Å². The molecule has 104 valence electrons. The largest absolute Gasteiger partial charge is 0.435 e. The summed E-state index contributed by atoms with van der Waals surface area (Å²) in [5.74, 6) is -0.465. The number of hydrogen-bond donors (Lipinski definition) is 2. The van der Waals surface area contributed by atoms with Crippen molar-refractivity contribution in [3.8, 4) is 0 Å². The molecule has 0 fully saturated rings. The van der Waals surface area contributed by atoms with Crippen LogP contribution in [-0.2, 0) is 4.79 Å². The molecule has 20 heavy (non-hydrogen) atoms. The van der Waals surface area contributed by atoms with Crippen LogP contribution in [0.1, 0.15) is 17.5 Å². The molecule has 2 amide bonds. The second-order valence-corrected chi connectivity index (χ2v) is 4.74. The summed E-state index contributed by atoms with van der Waals surface area (Å²) in [6.45, 7) is 1.35. The first-order valence-corrected chi connectivity index (χ1v) is 6.35. The normalized spacial score (nSPS) is 10.2. The van der Waals surface area contributed by atoms with Gasteiger partial charge in [-0.15, -0.1) is 0 Å². The molecule has 0 saturated heterocycles. The van der Waals surface area contributed by atoms with Crippen LogP contribution < -0.4 is 10.6 Å². The van der Waals surface area contributed by atoms with Crippen LogP contribution in [0.2, 0.25) is 10.0 Å². The maximum absolute atomic E-state index is 11.9. The van der Waals surface area contributed by atoms with Gasteiger partial charge < -0.3 is 9.73 Å². The molecule has 0 bridgehead atoms. The molecule has 7 heteroatoms. The minimum atomic E-state index is -0.458. The summed E-state index contributed by atoms with van der Waals surface area (Å²) in [5.41, 5.74) is 0.488. The Morgan fingerprint density at radius 2 is 1.80 bits per heavy atom. The molecule has 2 N–H and O–H groups in total. The number of rotatable bonds is 3. The minimum absolute atomic E-state index is 0.0693.